The fraction of sp³-hybridized carbons (Fsp3) is 0.278. The number of amides is 1. The molecule has 0 saturated heterocycles. The molecule has 0 radical (unpaired) electrons. The average molecular weight is 315 g/mol. The van der Waals surface area contributed by atoms with Crippen LogP contribution in [0.4, 0.5) is 0 Å². The molecule has 1 aromatic heterocycles. The molecule has 1 amide bonds. The lowest BCUT2D eigenvalue weighted by atomic mass is 10.1. The second kappa shape index (κ2) is 7.54. The van der Waals surface area contributed by atoms with Crippen LogP contribution in [0.2, 0.25) is 0 Å². The van der Waals surface area contributed by atoms with Crippen LogP contribution in [0, 0.1) is 6.92 Å². The number of carbonyl (C=O) groups excluding carboxylic acids is 1. The van der Waals surface area contributed by atoms with E-state index in [-0.39, 0.29) is 5.91 Å². The number of carbonyl (C=O) groups is 1. The van der Waals surface area contributed by atoms with E-state index in [1.165, 1.54) is 6.08 Å². The predicted molar refractivity (Wildman–Crippen MR) is 88.5 cm³/mol. The van der Waals surface area contributed by atoms with Crippen LogP contribution >= 0.6 is 0 Å². The summed E-state index contributed by atoms with van der Waals surface area (Å²) in [5.41, 5.74) is 0.809. The molecule has 0 fully saturated rings. The second-order valence-corrected chi connectivity index (χ2v) is 5.15. The summed E-state index contributed by atoms with van der Waals surface area (Å²) in [6, 6.07) is 9.19. The van der Waals surface area contributed by atoms with Crippen LogP contribution in [0.15, 0.2) is 40.8 Å². The first-order valence-corrected chi connectivity index (χ1v) is 7.24. The summed E-state index contributed by atoms with van der Waals surface area (Å²) in [5.74, 6) is 2.83. The zero-order valence-corrected chi connectivity index (χ0v) is 13.8. The van der Waals surface area contributed by atoms with Crippen molar-refractivity contribution in [3.8, 4) is 11.5 Å². The number of ether oxygens (including phenoxy) is 2. The van der Waals surface area contributed by atoms with Gasteiger partial charge in [0.2, 0.25) is 5.91 Å². The van der Waals surface area contributed by atoms with E-state index in [9.17, 15) is 4.79 Å². The van der Waals surface area contributed by atoms with Gasteiger partial charge in [0.05, 0.1) is 20.8 Å². The molecule has 0 N–H and O–H groups in total. The van der Waals surface area contributed by atoms with Gasteiger partial charge in [-0.1, -0.05) is 0 Å². The van der Waals surface area contributed by atoms with Crippen molar-refractivity contribution in [1.82, 2.24) is 4.90 Å². The van der Waals surface area contributed by atoms with Crippen molar-refractivity contribution in [2.45, 2.75) is 13.5 Å². The third kappa shape index (κ3) is 4.39. The minimum atomic E-state index is -0.114. The molecule has 5 heteroatoms. The SMILES string of the molecule is COc1ccc(/C=C/C(=O)N(C)Cc2ccc(C)o2)c(OC)c1. The maximum Gasteiger partial charge on any atom is 0.246 e. The van der Waals surface area contributed by atoms with Gasteiger partial charge in [0.25, 0.3) is 0 Å². The van der Waals surface area contributed by atoms with Gasteiger partial charge in [-0.05, 0) is 37.3 Å². The van der Waals surface area contributed by atoms with Crippen molar-refractivity contribution >= 4 is 12.0 Å². The van der Waals surface area contributed by atoms with Crippen LogP contribution in [0.5, 0.6) is 11.5 Å². The Morgan fingerprint density at radius 3 is 2.61 bits per heavy atom. The summed E-state index contributed by atoms with van der Waals surface area (Å²) in [5, 5.41) is 0. The molecular weight excluding hydrogens is 294 g/mol. The van der Waals surface area contributed by atoms with E-state index in [4.69, 9.17) is 13.9 Å². The Bertz CT molecular complexity index is 703. The lowest BCUT2D eigenvalue weighted by Gasteiger charge is -2.13. The monoisotopic (exact) mass is 315 g/mol. The van der Waals surface area contributed by atoms with Gasteiger partial charge in [0, 0.05) is 24.8 Å². The third-order valence-electron chi connectivity index (χ3n) is 3.41. The van der Waals surface area contributed by atoms with Crippen LogP contribution in [-0.2, 0) is 11.3 Å². The number of furan rings is 1. The molecule has 5 nitrogen and oxygen atoms in total. The second-order valence-electron chi connectivity index (χ2n) is 5.15. The molecule has 2 rings (SSSR count). The Kier molecular flexibility index (Phi) is 5.46. The number of rotatable bonds is 6. The first-order valence-electron chi connectivity index (χ1n) is 7.24. The topological polar surface area (TPSA) is 51.9 Å². The fourth-order valence-corrected chi connectivity index (χ4v) is 2.13. The molecule has 2 aromatic rings. The molecule has 23 heavy (non-hydrogen) atoms. The van der Waals surface area contributed by atoms with Gasteiger partial charge in [-0.15, -0.1) is 0 Å². The molecule has 0 unspecified atom stereocenters. The van der Waals surface area contributed by atoms with Gasteiger partial charge in [-0.2, -0.15) is 0 Å². The lowest BCUT2D eigenvalue weighted by molar-refractivity contribution is -0.125. The molecule has 0 aliphatic carbocycles. The number of hydrogen-bond acceptors (Lipinski definition) is 4. The minimum absolute atomic E-state index is 0.114. The molecule has 0 spiro atoms. The zero-order chi connectivity index (χ0) is 16.8. The smallest absolute Gasteiger partial charge is 0.246 e. The van der Waals surface area contributed by atoms with Gasteiger partial charge >= 0.3 is 0 Å². The van der Waals surface area contributed by atoms with E-state index in [1.54, 1.807) is 38.3 Å². The molecule has 0 aliphatic rings. The number of benzene rings is 1. The Balaban J connectivity index is 2.05. The molecule has 1 aromatic carbocycles. The van der Waals surface area contributed by atoms with E-state index in [0.29, 0.717) is 18.0 Å². The zero-order valence-electron chi connectivity index (χ0n) is 13.8. The molecular formula is C18H21NO4. The molecule has 0 bridgehead atoms. The van der Waals surface area contributed by atoms with Gasteiger partial charge in [0.15, 0.2) is 0 Å². The van der Waals surface area contributed by atoms with Crippen molar-refractivity contribution in [3.63, 3.8) is 0 Å². The summed E-state index contributed by atoms with van der Waals surface area (Å²) >= 11 is 0. The Hall–Kier alpha value is -2.69. The van der Waals surface area contributed by atoms with Crippen molar-refractivity contribution < 1.29 is 18.7 Å². The Morgan fingerprint density at radius 1 is 1.22 bits per heavy atom. The summed E-state index contributed by atoms with van der Waals surface area (Å²) in [6.45, 7) is 2.30. The molecule has 0 saturated carbocycles. The van der Waals surface area contributed by atoms with Crippen molar-refractivity contribution in [2.24, 2.45) is 0 Å². The standard InChI is InChI=1S/C18H21NO4/c1-13-5-8-16(23-13)12-19(2)18(20)10-7-14-6-9-15(21-3)11-17(14)22-4/h5-11H,12H2,1-4H3/b10-7+. The molecule has 0 atom stereocenters. The first kappa shape index (κ1) is 16.7. The molecule has 122 valence electrons. The quantitative estimate of drug-likeness (QED) is 0.768. The van der Waals surface area contributed by atoms with E-state index in [0.717, 1.165) is 17.1 Å². The number of nitrogens with zero attached hydrogens (tertiary/aromatic N) is 1. The maximum atomic E-state index is 12.2. The maximum absolute atomic E-state index is 12.2. The number of methoxy groups -OCH3 is 2. The van der Waals surface area contributed by atoms with Gasteiger partial charge in [-0.3, -0.25) is 4.79 Å². The van der Waals surface area contributed by atoms with E-state index in [2.05, 4.69) is 0 Å². The van der Waals surface area contributed by atoms with Crippen LogP contribution in [0.3, 0.4) is 0 Å². The summed E-state index contributed by atoms with van der Waals surface area (Å²) < 4.78 is 15.9. The van der Waals surface area contributed by atoms with Crippen LogP contribution in [0.1, 0.15) is 17.1 Å². The number of hydrogen-bond donors (Lipinski definition) is 0. The first-order chi connectivity index (χ1) is 11.0. The van der Waals surface area contributed by atoms with Gasteiger partial charge < -0.3 is 18.8 Å². The Labute approximate surface area is 136 Å². The Morgan fingerprint density at radius 2 is 2.00 bits per heavy atom. The van der Waals surface area contributed by atoms with Crippen LogP contribution < -0.4 is 9.47 Å². The number of aryl methyl sites for hydroxylation is 1. The highest BCUT2D eigenvalue weighted by molar-refractivity contribution is 5.92. The largest absolute Gasteiger partial charge is 0.497 e. The summed E-state index contributed by atoms with van der Waals surface area (Å²) in [6.07, 6.45) is 3.24. The van der Waals surface area contributed by atoms with Gasteiger partial charge in [-0.25, -0.2) is 0 Å². The highest BCUT2D eigenvalue weighted by atomic mass is 16.5. The fourth-order valence-electron chi connectivity index (χ4n) is 2.13. The third-order valence-corrected chi connectivity index (χ3v) is 3.41. The van der Waals surface area contributed by atoms with Crippen molar-refractivity contribution in [3.05, 3.63) is 53.5 Å². The van der Waals surface area contributed by atoms with Crippen LogP contribution in [-0.4, -0.2) is 32.1 Å². The van der Waals surface area contributed by atoms with Crippen molar-refractivity contribution in [2.75, 3.05) is 21.3 Å². The van der Waals surface area contributed by atoms with Gasteiger partial charge in [0.1, 0.15) is 23.0 Å². The van der Waals surface area contributed by atoms with E-state index < -0.39 is 0 Å². The normalized spacial score (nSPS) is 10.8. The van der Waals surface area contributed by atoms with E-state index >= 15 is 0 Å². The van der Waals surface area contributed by atoms with Crippen molar-refractivity contribution in [1.29, 1.82) is 0 Å². The number of likely N-dealkylation sites (N-methyl/N-ethyl adjacent to an activating group) is 1. The minimum Gasteiger partial charge on any atom is -0.497 e. The highest BCUT2D eigenvalue weighted by Crippen LogP contribution is 2.25. The van der Waals surface area contributed by atoms with E-state index in [1.807, 2.05) is 31.2 Å². The van der Waals surface area contributed by atoms with Crippen LogP contribution in [0.25, 0.3) is 6.08 Å². The average Bonchev–Trinajstić information content (AvgIpc) is 2.97. The summed E-state index contributed by atoms with van der Waals surface area (Å²) in [4.78, 5) is 13.8. The highest BCUT2D eigenvalue weighted by Gasteiger charge is 2.09. The predicted octanol–water partition coefficient (Wildman–Crippen LogP) is 3.28. The molecule has 1 heterocycles. The molecule has 0 aliphatic heterocycles. The lowest BCUT2D eigenvalue weighted by Crippen LogP contribution is -2.23. The summed E-state index contributed by atoms with van der Waals surface area (Å²) in [7, 11) is 4.91.